The van der Waals surface area contributed by atoms with Gasteiger partial charge in [-0.3, -0.25) is 9.78 Å². The number of anilines is 1. The second kappa shape index (κ2) is 9.65. The first-order valence-electron chi connectivity index (χ1n) is 10.9. The van der Waals surface area contributed by atoms with Crippen molar-refractivity contribution in [2.24, 2.45) is 5.73 Å². The summed E-state index contributed by atoms with van der Waals surface area (Å²) in [6, 6.07) is 11.9. The number of hydrogen-bond acceptors (Lipinski definition) is 6. The van der Waals surface area contributed by atoms with Crippen LogP contribution in [0, 0.1) is 0 Å². The summed E-state index contributed by atoms with van der Waals surface area (Å²) in [5, 5.41) is 2.55. The Bertz CT molecular complexity index is 1300. The molecule has 11 heteroatoms. The van der Waals surface area contributed by atoms with E-state index < -0.39 is 32.7 Å². The first kappa shape index (κ1) is 24.6. The number of rotatable bonds is 6. The Morgan fingerprint density at radius 3 is 2.20 bits per heavy atom. The van der Waals surface area contributed by atoms with E-state index in [0.29, 0.717) is 37.1 Å². The fourth-order valence-corrected chi connectivity index (χ4v) is 5.94. The first-order valence-corrected chi connectivity index (χ1v) is 12.5. The maximum absolute atomic E-state index is 13.2. The van der Waals surface area contributed by atoms with Gasteiger partial charge in [0, 0.05) is 18.4 Å². The molecule has 0 aliphatic heterocycles. The summed E-state index contributed by atoms with van der Waals surface area (Å²) < 4.78 is 64.4. The predicted molar refractivity (Wildman–Crippen MR) is 124 cm³/mol. The standard InChI is InChI=1S/C24H23F3N4O3S/c25-24(26,27)17-3-10-22(30-14-17)31-18-4-8-20(9-5-18)35(33,34)19-6-1-15(2-7-19)16-11-12-29-21(13-16)23(28)32/h1-3,6-7,10-14,18,20H,4-5,8-9H2,(H2,28,32)(H,30,31). The van der Waals surface area contributed by atoms with Crippen molar-refractivity contribution in [3.8, 4) is 11.1 Å². The van der Waals surface area contributed by atoms with Crippen molar-refractivity contribution in [2.45, 2.75) is 48.0 Å². The first-order chi connectivity index (χ1) is 16.5. The molecular weight excluding hydrogens is 481 g/mol. The van der Waals surface area contributed by atoms with Crippen molar-refractivity contribution in [2.75, 3.05) is 5.32 Å². The van der Waals surface area contributed by atoms with E-state index in [-0.39, 0.29) is 16.6 Å². The molecule has 4 rings (SSSR count). The van der Waals surface area contributed by atoms with E-state index in [1.165, 1.54) is 12.3 Å². The molecule has 1 fully saturated rings. The second-order valence-corrected chi connectivity index (χ2v) is 10.6. The smallest absolute Gasteiger partial charge is 0.367 e. The topological polar surface area (TPSA) is 115 Å². The third-order valence-electron chi connectivity index (χ3n) is 6.08. The van der Waals surface area contributed by atoms with Gasteiger partial charge in [0.25, 0.3) is 5.91 Å². The number of alkyl halides is 3. The number of nitrogens with one attached hydrogen (secondary N) is 1. The normalized spacial score (nSPS) is 18.7. The molecule has 2 heterocycles. The van der Waals surface area contributed by atoms with Gasteiger partial charge in [0.1, 0.15) is 11.5 Å². The van der Waals surface area contributed by atoms with Crippen LogP contribution in [-0.2, 0) is 16.0 Å². The maximum Gasteiger partial charge on any atom is 0.417 e. The summed E-state index contributed by atoms with van der Waals surface area (Å²) in [6.45, 7) is 0. The lowest BCUT2D eigenvalue weighted by Gasteiger charge is -2.29. The molecule has 1 aliphatic rings. The SMILES string of the molecule is NC(=O)c1cc(-c2ccc(S(=O)(=O)C3CCC(Nc4ccc(C(F)(F)F)cn4)CC3)cc2)ccn1. The number of nitrogens with two attached hydrogens (primary N) is 1. The number of nitrogens with zero attached hydrogens (tertiary/aromatic N) is 2. The van der Waals surface area contributed by atoms with Gasteiger partial charge >= 0.3 is 6.18 Å². The largest absolute Gasteiger partial charge is 0.417 e. The summed E-state index contributed by atoms with van der Waals surface area (Å²) in [5.74, 6) is -0.319. The minimum Gasteiger partial charge on any atom is -0.367 e. The molecule has 1 aliphatic carbocycles. The highest BCUT2D eigenvalue weighted by Crippen LogP contribution is 2.32. The van der Waals surface area contributed by atoms with Gasteiger partial charge < -0.3 is 11.1 Å². The number of primary amides is 1. The summed E-state index contributed by atoms with van der Waals surface area (Å²) >= 11 is 0. The highest BCUT2D eigenvalue weighted by atomic mass is 32.2. The Hall–Kier alpha value is -3.47. The second-order valence-electron chi connectivity index (χ2n) is 8.41. The number of benzene rings is 1. The Kier molecular flexibility index (Phi) is 6.79. The molecule has 0 spiro atoms. The molecule has 3 N–H and O–H groups in total. The molecule has 1 amide bonds. The third kappa shape index (κ3) is 5.61. The lowest BCUT2D eigenvalue weighted by molar-refractivity contribution is -0.137. The van der Waals surface area contributed by atoms with Gasteiger partial charge in [-0.05, 0) is 73.2 Å². The van der Waals surface area contributed by atoms with E-state index in [1.807, 2.05) is 0 Å². The lowest BCUT2D eigenvalue weighted by atomic mass is 9.95. The van der Waals surface area contributed by atoms with Crippen molar-refractivity contribution < 1.29 is 26.4 Å². The molecule has 0 unspecified atom stereocenters. The molecule has 0 bridgehead atoms. The molecular formula is C24H23F3N4O3S. The van der Waals surface area contributed by atoms with E-state index in [1.54, 1.807) is 36.4 Å². The zero-order valence-electron chi connectivity index (χ0n) is 18.5. The van der Waals surface area contributed by atoms with Gasteiger partial charge in [-0.15, -0.1) is 0 Å². The van der Waals surface area contributed by atoms with Crippen LogP contribution in [-0.4, -0.2) is 35.6 Å². The molecule has 0 radical (unpaired) electrons. The highest BCUT2D eigenvalue weighted by Gasteiger charge is 2.33. The monoisotopic (exact) mass is 504 g/mol. The number of amides is 1. The van der Waals surface area contributed by atoms with E-state index in [4.69, 9.17) is 5.73 Å². The summed E-state index contributed by atoms with van der Waals surface area (Å²) in [6.07, 6.45) is -0.241. The van der Waals surface area contributed by atoms with Crippen LogP contribution in [0.1, 0.15) is 41.7 Å². The van der Waals surface area contributed by atoms with Gasteiger partial charge in [0.2, 0.25) is 0 Å². The average molecular weight is 505 g/mol. The van der Waals surface area contributed by atoms with E-state index in [9.17, 15) is 26.4 Å². The minimum atomic E-state index is -4.44. The van der Waals surface area contributed by atoms with Crippen LogP contribution < -0.4 is 11.1 Å². The van der Waals surface area contributed by atoms with E-state index in [0.717, 1.165) is 17.8 Å². The van der Waals surface area contributed by atoms with Crippen molar-refractivity contribution >= 4 is 21.6 Å². The van der Waals surface area contributed by atoms with Crippen LogP contribution in [0.25, 0.3) is 11.1 Å². The van der Waals surface area contributed by atoms with Gasteiger partial charge in [-0.2, -0.15) is 13.2 Å². The Morgan fingerprint density at radius 2 is 1.63 bits per heavy atom. The third-order valence-corrected chi connectivity index (χ3v) is 8.36. The molecule has 0 atom stereocenters. The van der Waals surface area contributed by atoms with Crippen LogP contribution in [0.3, 0.4) is 0 Å². The summed E-state index contributed by atoms with van der Waals surface area (Å²) in [7, 11) is -3.56. The summed E-state index contributed by atoms with van der Waals surface area (Å²) in [4.78, 5) is 19.3. The number of hydrogen-bond donors (Lipinski definition) is 2. The Morgan fingerprint density at radius 1 is 0.943 bits per heavy atom. The zero-order chi connectivity index (χ0) is 25.2. The van der Waals surface area contributed by atoms with Crippen molar-refractivity contribution in [1.29, 1.82) is 0 Å². The number of carbonyl (C=O) groups is 1. The number of sulfone groups is 1. The fourth-order valence-electron chi connectivity index (χ4n) is 4.15. The Labute approximate surface area is 200 Å². The molecule has 1 aromatic carbocycles. The number of aromatic nitrogens is 2. The minimum absolute atomic E-state index is 0.0702. The number of pyridine rings is 2. The quantitative estimate of drug-likeness (QED) is 0.512. The molecule has 184 valence electrons. The molecule has 35 heavy (non-hydrogen) atoms. The van der Waals surface area contributed by atoms with Crippen LogP contribution >= 0.6 is 0 Å². The number of carbonyl (C=O) groups excluding carboxylic acids is 1. The van der Waals surface area contributed by atoms with Crippen LogP contribution in [0.2, 0.25) is 0 Å². The molecule has 7 nitrogen and oxygen atoms in total. The van der Waals surface area contributed by atoms with Crippen LogP contribution in [0.4, 0.5) is 19.0 Å². The van der Waals surface area contributed by atoms with Crippen LogP contribution in [0.15, 0.2) is 65.8 Å². The van der Waals surface area contributed by atoms with E-state index >= 15 is 0 Å². The van der Waals surface area contributed by atoms with Crippen molar-refractivity contribution in [3.05, 3.63) is 72.2 Å². The van der Waals surface area contributed by atoms with Gasteiger partial charge in [-0.25, -0.2) is 13.4 Å². The molecule has 3 aromatic rings. The molecule has 0 saturated heterocycles. The van der Waals surface area contributed by atoms with Gasteiger partial charge in [0.05, 0.1) is 15.7 Å². The summed E-state index contributed by atoms with van der Waals surface area (Å²) in [5.41, 5.74) is 6.00. The number of halogens is 3. The van der Waals surface area contributed by atoms with Crippen molar-refractivity contribution in [3.63, 3.8) is 0 Å². The average Bonchev–Trinajstić information content (AvgIpc) is 2.84. The molecule has 1 saturated carbocycles. The fraction of sp³-hybridized carbons (Fsp3) is 0.292. The van der Waals surface area contributed by atoms with Crippen LogP contribution in [0.5, 0.6) is 0 Å². The maximum atomic E-state index is 13.2. The highest BCUT2D eigenvalue weighted by molar-refractivity contribution is 7.92. The zero-order valence-corrected chi connectivity index (χ0v) is 19.3. The lowest BCUT2D eigenvalue weighted by Crippen LogP contribution is -2.33. The molecule has 2 aromatic heterocycles. The predicted octanol–water partition coefficient (Wildman–Crippen LogP) is 4.46. The Balaban J connectivity index is 1.39. The van der Waals surface area contributed by atoms with Gasteiger partial charge in [-0.1, -0.05) is 12.1 Å². The van der Waals surface area contributed by atoms with Crippen molar-refractivity contribution in [1.82, 2.24) is 9.97 Å². The van der Waals surface area contributed by atoms with E-state index in [2.05, 4.69) is 15.3 Å². The van der Waals surface area contributed by atoms with Gasteiger partial charge in [0.15, 0.2) is 9.84 Å².